The number of esters is 2. The molecule has 2 aromatic rings. The van der Waals surface area contributed by atoms with Crippen molar-refractivity contribution in [2.24, 2.45) is 5.92 Å². The van der Waals surface area contributed by atoms with Crippen LogP contribution in [0.5, 0.6) is 0 Å². The van der Waals surface area contributed by atoms with Crippen molar-refractivity contribution in [1.82, 2.24) is 15.0 Å². The Morgan fingerprint density at radius 3 is 2.41 bits per heavy atom. The van der Waals surface area contributed by atoms with E-state index in [4.69, 9.17) is 9.47 Å². The summed E-state index contributed by atoms with van der Waals surface area (Å²) in [6, 6.07) is 7.50. The maximum atomic E-state index is 11.9. The van der Waals surface area contributed by atoms with E-state index in [2.05, 4.69) is 10.3 Å². The number of aromatic nitrogens is 3. The first-order valence-electron chi connectivity index (χ1n) is 7.28. The Labute approximate surface area is 128 Å². The van der Waals surface area contributed by atoms with Crippen LogP contribution >= 0.6 is 0 Å². The molecule has 0 aliphatic rings. The molecule has 2 rings (SSSR count). The van der Waals surface area contributed by atoms with Gasteiger partial charge < -0.3 is 9.47 Å². The van der Waals surface area contributed by atoms with Crippen LogP contribution in [-0.2, 0) is 25.6 Å². The molecule has 1 aromatic heterocycles. The number of hydrogen-bond acceptors (Lipinski definition) is 6. The lowest BCUT2D eigenvalue weighted by atomic mass is 10.1. The van der Waals surface area contributed by atoms with E-state index in [1.807, 2.05) is 24.3 Å². The van der Waals surface area contributed by atoms with Crippen molar-refractivity contribution in [3.8, 4) is 0 Å². The number of benzene rings is 1. The van der Waals surface area contributed by atoms with Crippen molar-refractivity contribution in [2.75, 3.05) is 13.2 Å². The van der Waals surface area contributed by atoms with Gasteiger partial charge in [0.25, 0.3) is 0 Å². The van der Waals surface area contributed by atoms with Crippen molar-refractivity contribution in [1.29, 1.82) is 0 Å². The largest absolute Gasteiger partial charge is 0.465 e. The van der Waals surface area contributed by atoms with Crippen molar-refractivity contribution in [3.05, 3.63) is 24.3 Å². The van der Waals surface area contributed by atoms with Crippen LogP contribution in [0.1, 0.15) is 20.3 Å². The minimum Gasteiger partial charge on any atom is -0.465 e. The minimum atomic E-state index is -0.942. The Morgan fingerprint density at radius 1 is 1.14 bits per heavy atom. The number of para-hydroxylation sites is 1. The van der Waals surface area contributed by atoms with Crippen LogP contribution in [-0.4, -0.2) is 40.1 Å². The van der Waals surface area contributed by atoms with Gasteiger partial charge >= 0.3 is 11.9 Å². The van der Waals surface area contributed by atoms with E-state index >= 15 is 0 Å². The molecule has 118 valence electrons. The highest BCUT2D eigenvalue weighted by Crippen LogP contribution is 2.14. The van der Waals surface area contributed by atoms with Crippen molar-refractivity contribution < 1.29 is 19.1 Å². The summed E-state index contributed by atoms with van der Waals surface area (Å²) in [4.78, 5) is 23.8. The monoisotopic (exact) mass is 305 g/mol. The summed E-state index contributed by atoms with van der Waals surface area (Å²) in [5.41, 5.74) is 1.63. The van der Waals surface area contributed by atoms with Crippen LogP contribution < -0.4 is 0 Å². The summed E-state index contributed by atoms with van der Waals surface area (Å²) in [6.07, 6.45) is 0.255. The molecule has 0 atom stereocenters. The molecule has 0 bridgehead atoms. The Hall–Kier alpha value is -2.44. The Balaban J connectivity index is 2.10. The number of carbonyl (C=O) groups is 2. The third-order valence-corrected chi connectivity index (χ3v) is 3.19. The molecular formula is C15H19N3O4. The standard InChI is InChI=1S/C15H19N3O4/c1-3-21-14(19)11(15(20)22-4-2)9-10-18-13-8-6-5-7-12(13)16-17-18/h5-8,11H,3-4,9-10H2,1-2H3. The van der Waals surface area contributed by atoms with Crippen molar-refractivity contribution in [3.63, 3.8) is 0 Å². The van der Waals surface area contributed by atoms with Gasteiger partial charge in [-0.05, 0) is 32.4 Å². The second-order valence-corrected chi connectivity index (χ2v) is 4.65. The van der Waals surface area contributed by atoms with Gasteiger partial charge in [-0.15, -0.1) is 5.10 Å². The topological polar surface area (TPSA) is 83.3 Å². The zero-order valence-corrected chi connectivity index (χ0v) is 12.7. The van der Waals surface area contributed by atoms with Crippen LogP contribution in [0.3, 0.4) is 0 Å². The molecule has 0 aliphatic carbocycles. The molecule has 0 amide bonds. The lowest BCUT2D eigenvalue weighted by Gasteiger charge is -2.14. The van der Waals surface area contributed by atoms with Gasteiger partial charge in [0.15, 0.2) is 5.92 Å². The zero-order chi connectivity index (χ0) is 15.9. The quantitative estimate of drug-likeness (QED) is 0.570. The highest BCUT2D eigenvalue weighted by molar-refractivity contribution is 5.94. The fraction of sp³-hybridized carbons (Fsp3) is 0.467. The van der Waals surface area contributed by atoms with Crippen LogP contribution in [0.15, 0.2) is 24.3 Å². The number of fused-ring (bicyclic) bond motifs is 1. The molecule has 1 heterocycles. The molecule has 7 heteroatoms. The number of hydrogen-bond donors (Lipinski definition) is 0. The molecular weight excluding hydrogens is 286 g/mol. The molecule has 0 radical (unpaired) electrons. The van der Waals surface area contributed by atoms with Crippen LogP contribution in [0.25, 0.3) is 11.0 Å². The van der Waals surface area contributed by atoms with E-state index in [0.717, 1.165) is 11.0 Å². The zero-order valence-electron chi connectivity index (χ0n) is 12.7. The molecule has 0 unspecified atom stereocenters. The van der Waals surface area contributed by atoms with Gasteiger partial charge in [-0.3, -0.25) is 9.59 Å². The minimum absolute atomic E-state index is 0.223. The third-order valence-electron chi connectivity index (χ3n) is 3.19. The fourth-order valence-electron chi connectivity index (χ4n) is 2.15. The van der Waals surface area contributed by atoms with Gasteiger partial charge in [-0.25, -0.2) is 4.68 Å². The number of rotatable bonds is 7. The third kappa shape index (κ3) is 3.60. The average Bonchev–Trinajstić information content (AvgIpc) is 2.91. The average molecular weight is 305 g/mol. The second-order valence-electron chi connectivity index (χ2n) is 4.65. The number of nitrogens with zero attached hydrogens (tertiary/aromatic N) is 3. The van der Waals surface area contributed by atoms with Crippen molar-refractivity contribution >= 4 is 23.0 Å². The molecule has 1 aromatic carbocycles. The van der Waals surface area contributed by atoms with Crippen LogP contribution in [0.2, 0.25) is 0 Å². The molecule has 7 nitrogen and oxygen atoms in total. The molecule has 0 aliphatic heterocycles. The predicted molar refractivity (Wildman–Crippen MR) is 78.9 cm³/mol. The summed E-state index contributed by atoms with van der Waals surface area (Å²) >= 11 is 0. The molecule has 0 fully saturated rings. The van der Waals surface area contributed by atoms with Gasteiger partial charge in [-0.2, -0.15) is 0 Å². The fourth-order valence-corrected chi connectivity index (χ4v) is 2.15. The first kappa shape index (κ1) is 15.9. The Bertz CT molecular complexity index is 635. The van der Waals surface area contributed by atoms with E-state index in [0.29, 0.717) is 6.54 Å². The van der Waals surface area contributed by atoms with Gasteiger partial charge in [0.05, 0.1) is 18.7 Å². The van der Waals surface area contributed by atoms with E-state index in [1.165, 1.54) is 0 Å². The maximum absolute atomic E-state index is 11.9. The van der Waals surface area contributed by atoms with Crippen LogP contribution in [0, 0.1) is 5.92 Å². The number of aryl methyl sites for hydroxylation is 1. The van der Waals surface area contributed by atoms with Crippen molar-refractivity contribution in [2.45, 2.75) is 26.8 Å². The molecule has 22 heavy (non-hydrogen) atoms. The first-order chi connectivity index (χ1) is 10.7. The van der Waals surface area contributed by atoms with Gasteiger partial charge in [-0.1, -0.05) is 17.3 Å². The summed E-state index contributed by atoms with van der Waals surface area (Å²) in [7, 11) is 0. The Kier molecular flexibility index (Phi) is 5.46. The highest BCUT2D eigenvalue weighted by Gasteiger charge is 2.29. The normalized spacial score (nSPS) is 10.9. The summed E-state index contributed by atoms with van der Waals surface area (Å²) < 4.78 is 11.6. The molecule has 0 spiro atoms. The van der Waals surface area contributed by atoms with E-state index < -0.39 is 17.9 Å². The molecule has 0 saturated carbocycles. The lowest BCUT2D eigenvalue weighted by molar-refractivity contribution is -0.162. The van der Waals surface area contributed by atoms with E-state index in [9.17, 15) is 9.59 Å². The summed E-state index contributed by atoms with van der Waals surface area (Å²) in [6.45, 7) is 4.22. The van der Waals surface area contributed by atoms with Gasteiger partial charge in [0.2, 0.25) is 0 Å². The SMILES string of the molecule is CCOC(=O)C(CCn1nnc2ccccc21)C(=O)OCC. The maximum Gasteiger partial charge on any atom is 0.320 e. The predicted octanol–water partition coefficient (Wildman–Crippen LogP) is 1.56. The van der Waals surface area contributed by atoms with Gasteiger partial charge in [0, 0.05) is 6.54 Å². The second kappa shape index (κ2) is 7.53. The molecule has 0 N–H and O–H groups in total. The lowest BCUT2D eigenvalue weighted by Crippen LogP contribution is -2.29. The van der Waals surface area contributed by atoms with Crippen LogP contribution in [0.4, 0.5) is 0 Å². The van der Waals surface area contributed by atoms with Gasteiger partial charge in [0.1, 0.15) is 5.52 Å². The Morgan fingerprint density at radius 2 is 1.77 bits per heavy atom. The summed E-state index contributed by atoms with van der Waals surface area (Å²) in [5, 5.41) is 8.08. The highest BCUT2D eigenvalue weighted by atomic mass is 16.6. The van der Waals surface area contributed by atoms with E-state index in [1.54, 1.807) is 18.5 Å². The number of carbonyl (C=O) groups excluding carboxylic acids is 2. The smallest absolute Gasteiger partial charge is 0.320 e. The molecule has 0 saturated heterocycles. The number of ether oxygens (including phenoxy) is 2. The van der Waals surface area contributed by atoms with E-state index in [-0.39, 0.29) is 19.6 Å². The first-order valence-corrected chi connectivity index (χ1v) is 7.28. The summed E-state index contributed by atoms with van der Waals surface area (Å²) in [5.74, 6) is -2.07.